The summed E-state index contributed by atoms with van der Waals surface area (Å²) >= 11 is 0. The van der Waals surface area contributed by atoms with Gasteiger partial charge >= 0.3 is 6.09 Å². The van der Waals surface area contributed by atoms with Gasteiger partial charge in [0, 0.05) is 36.9 Å². The van der Waals surface area contributed by atoms with Gasteiger partial charge in [0.2, 0.25) is 23.2 Å². The molecule has 294 valence electrons. The predicted molar refractivity (Wildman–Crippen MR) is 182 cm³/mol. The predicted octanol–water partition coefficient (Wildman–Crippen LogP) is 7.65. The van der Waals surface area contributed by atoms with E-state index in [1.54, 1.807) is 6.20 Å². The Labute approximate surface area is 307 Å². The normalized spacial score (nSPS) is 31.5. The Hall–Kier alpha value is -3.14. The molecule has 5 fully saturated rings. The van der Waals surface area contributed by atoms with Gasteiger partial charge in [-0.1, -0.05) is 58.3 Å². The van der Waals surface area contributed by atoms with Gasteiger partial charge in [-0.3, -0.25) is 9.80 Å². The molecule has 53 heavy (non-hydrogen) atoms. The summed E-state index contributed by atoms with van der Waals surface area (Å²) in [4.78, 5) is 39.4. The standard InChI is InChI=1S/C38H52F4N4O7/c1-2-3-14-29(30(47)23-49-34-32(41)27(39)20-28(40)33(34)42)46-22-31(44-45-46)36(17-8-5-9-18-36)43-35(48)50-26-13-10-19-37(21-26)51-38(53-52-37)24-11-6-4-7-12-25(38)16-15-24/h20,22,24-26,29,44-45H,2-19,21,23H2,1H3,(H,43,48). The number of alkyl carbamates (subject to hydrolysis) is 1. The van der Waals surface area contributed by atoms with Crippen LogP contribution in [0.25, 0.3) is 0 Å². The molecule has 2 heterocycles. The number of unbranched alkanes of at least 4 members (excludes halogenated alkanes) is 1. The van der Waals surface area contributed by atoms with E-state index in [9.17, 15) is 27.2 Å². The number of hydrogen-bond donors (Lipinski definition) is 3. The molecule has 4 saturated carbocycles. The number of carbonyl (C=O) groups is 2. The van der Waals surface area contributed by atoms with Crippen molar-refractivity contribution in [2.75, 3.05) is 6.61 Å². The number of carbonyl (C=O) groups excluding carboxylic acids is 2. The second-order valence-electron chi connectivity index (χ2n) is 15.8. The third-order valence-corrected chi connectivity index (χ3v) is 12.3. The molecule has 2 bridgehead atoms. The van der Waals surface area contributed by atoms with Gasteiger partial charge in [0.05, 0.1) is 11.2 Å². The summed E-state index contributed by atoms with van der Waals surface area (Å²) in [6.45, 7) is 1.13. The van der Waals surface area contributed by atoms with Gasteiger partial charge in [0.1, 0.15) is 18.8 Å². The molecule has 1 saturated heterocycles. The Kier molecular flexibility index (Phi) is 11.5. The van der Waals surface area contributed by atoms with Crippen molar-refractivity contribution in [1.82, 2.24) is 21.3 Å². The molecule has 5 unspecified atom stereocenters. The highest BCUT2D eigenvalue weighted by molar-refractivity contribution is 5.85. The van der Waals surface area contributed by atoms with E-state index in [2.05, 4.69) is 16.3 Å². The van der Waals surface area contributed by atoms with Crippen LogP contribution in [0.1, 0.15) is 129 Å². The van der Waals surface area contributed by atoms with Crippen LogP contribution in [-0.2, 0) is 24.0 Å². The van der Waals surface area contributed by atoms with Gasteiger partial charge in [-0.25, -0.2) is 13.6 Å². The maximum atomic E-state index is 14.2. The molecule has 1 amide bonds. The van der Waals surface area contributed by atoms with Gasteiger partial charge in [0.25, 0.3) is 0 Å². The van der Waals surface area contributed by atoms with Gasteiger partial charge in [-0.05, 0) is 57.8 Å². The highest BCUT2D eigenvalue weighted by Gasteiger charge is 2.63. The van der Waals surface area contributed by atoms with E-state index < -0.39 is 76.8 Å². The van der Waals surface area contributed by atoms with Crippen molar-refractivity contribution >= 4 is 11.9 Å². The number of benzene rings is 1. The largest absolute Gasteiger partial charge is 0.479 e. The van der Waals surface area contributed by atoms with E-state index in [0.717, 1.165) is 70.6 Å². The molecular weight excluding hydrogens is 700 g/mol. The quantitative estimate of drug-likeness (QED) is 0.118. The number of Topliss-reactive ketones (excluding diaryl/α,β-unsaturated/α-hetero) is 1. The molecular formula is C38H52F4N4O7. The highest BCUT2D eigenvalue weighted by Crippen LogP contribution is 2.57. The molecule has 1 aromatic carbocycles. The van der Waals surface area contributed by atoms with Gasteiger partial charge < -0.3 is 25.0 Å². The number of rotatable bonds is 11. The fraction of sp³-hybridized carbons (Fsp3) is 0.737. The first-order valence-electron chi connectivity index (χ1n) is 19.6. The average Bonchev–Trinajstić information content (AvgIpc) is 3.87. The minimum Gasteiger partial charge on any atom is -0.479 e. The van der Waals surface area contributed by atoms with Crippen LogP contribution in [0.4, 0.5) is 22.4 Å². The summed E-state index contributed by atoms with van der Waals surface area (Å²) in [6, 6.07) is -0.781. The SMILES string of the molecule is CCCCC(C(=O)COc1c(F)c(F)cc(F)c1F)N1C=C(C2(NC(=O)OC3CCCC4(C3)OOC3(O4)C4CCCCCC3CC4)CCCCC2)NN1. The van der Waals surface area contributed by atoms with Crippen LogP contribution in [0, 0.1) is 35.1 Å². The minimum atomic E-state index is -1.71. The van der Waals surface area contributed by atoms with Crippen molar-refractivity contribution in [2.24, 2.45) is 11.8 Å². The van der Waals surface area contributed by atoms with Crippen LogP contribution < -0.4 is 21.0 Å². The minimum absolute atomic E-state index is 0.0795. The zero-order chi connectivity index (χ0) is 37.2. The van der Waals surface area contributed by atoms with Crippen molar-refractivity contribution < 1.29 is 51.1 Å². The van der Waals surface area contributed by atoms with Crippen LogP contribution in [0.2, 0.25) is 0 Å². The number of ketones is 1. The molecule has 7 rings (SSSR count). The Bertz CT molecular complexity index is 1500. The summed E-state index contributed by atoms with van der Waals surface area (Å²) in [5.74, 6) is -9.60. The first-order valence-corrected chi connectivity index (χ1v) is 19.6. The Balaban J connectivity index is 1.01. The second-order valence-corrected chi connectivity index (χ2v) is 15.8. The average molecular weight is 753 g/mol. The van der Waals surface area contributed by atoms with E-state index in [1.165, 1.54) is 11.4 Å². The summed E-state index contributed by atoms with van der Waals surface area (Å²) in [5, 5.41) is 4.70. The van der Waals surface area contributed by atoms with Crippen LogP contribution >= 0.6 is 0 Å². The van der Waals surface area contributed by atoms with E-state index in [1.807, 2.05) is 6.92 Å². The number of ether oxygens (including phenoxy) is 3. The monoisotopic (exact) mass is 752 g/mol. The zero-order valence-electron chi connectivity index (χ0n) is 30.4. The Morgan fingerprint density at radius 3 is 2.32 bits per heavy atom. The van der Waals surface area contributed by atoms with Crippen molar-refractivity contribution in [3.8, 4) is 5.75 Å². The first-order chi connectivity index (χ1) is 25.6. The number of hydrazine groups is 2. The summed E-state index contributed by atoms with van der Waals surface area (Å²) in [7, 11) is 0. The fourth-order valence-electron chi connectivity index (χ4n) is 9.48. The molecule has 3 N–H and O–H groups in total. The lowest BCUT2D eigenvalue weighted by Gasteiger charge is -2.40. The first kappa shape index (κ1) is 38.1. The highest BCUT2D eigenvalue weighted by atomic mass is 19.2. The summed E-state index contributed by atoms with van der Waals surface area (Å²) in [6.07, 6.45) is 16.7. The van der Waals surface area contributed by atoms with E-state index in [0.29, 0.717) is 62.5 Å². The molecule has 4 aliphatic carbocycles. The third-order valence-electron chi connectivity index (χ3n) is 12.3. The van der Waals surface area contributed by atoms with Crippen molar-refractivity contribution in [3.63, 3.8) is 0 Å². The lowest BCUT2D eigenvalue weighted by Crippen LogP contribution is -2.56. The van der Waals surface area contributed by atoms with Crippen LogP contribution in [-0.4, -0.2) is 52.8 Å². The molecule has 11 nitrogen and oxygen atoms in total. The van der Waals surface area contributed by atoms with Crippen LogP contribution in [0.3, 0.4) is 0 Å². The third kappa shape index (κ3) is 7.72. The fourth-order valence-corrected chi connectivity index (χ4v) is 9.48. The second kappa shape index (κ2) is 15.9. The lowest BCUT2D eigenvalue weighted by atomic mass is 9.79. The number of hydrogen-bond acceptors (Lipinski definition) is 10. The molecule has 6 aliphatic rings. The Morgan fingerprint density at radius 1 is 0.925 bits per heavy atom. The van der Waals surface area contributed by atoms with Crippen LogP contribution in [0.5, 0.6) is 5.75 Å². The Morgan fingerprint density at radius 2 is 1.62 bits per heavy atom. The maximum Gasteiger partial charge on any atom is 0.408 e. The smallest absolute Gasteiger partial charge is 0.408 e. The zero-order valence-corrected chi connectivity index (χ0v) is 30.4. The van der Waals surface area contributed by atoms with E-state index >= 15 is 0 Å². The molecule has 0 aromatic heterocycles. The van der Waals surface area contributed by atoms with Crippen molar-refractivity contribution in [2.45, 2.75) is 158 Å². The number of nitrogens with zero attached hydrogens (tertiary/aromatic N) is 1. The van der Waals surface area contributed by atoms with E-state index in [-0.39, 0.29) is 6.07 Å². The van der Waals surface area contributed by atoms with Gasteiger partial charge in [0.15, 0.2) is 23.2 Å². The maximum absolute atomic E-state index is 14.2. The topological polar surface area (TPSA) is 120 Å². The number of amides is 1. The summed E-state index contributed by atoms with van der Waals surface area (Å²) < 4.78 is 73.9. The number of halogens is 4. The van der Waals surface area contributed by atoms with Gasteiger partial charge in [-0.2, -0.15) is 18.6 Å². The lowest BCUT2D eigenvalue weighted by molar-refractivity contribution is -0.369. The molecule has 1 aromatic rings. The molecule has 5 atom stereocenters. The molecule has 2 spiro atoms. The van der Waals surface area contributed by atoms with Crippen molar-refractivity contribution in [1.29, 1.82) is 0 Å². The molecule has 2 aliphatic heterocycles. The van der Waals surface area contributed by atoms with E-state index in [4.69, 9.17) is 24.0 Å². The van der Waals surface area contributed by atoms with Crippen molar-refractivity contribution in [3.05, 3.63) is 41.2 Å². The number of nitrogens with one attached hydrogen (secondary N) is 3. The van der Waals surface area contributed by atoms with Crippen LogP contribution in [0.15, 0.2) is 18.0 Å². The molecule has 0 radical (unpaired) electrons. The molecule has 15 heteroatoms. The summed E-state index contributed by atoms with van der Waals surface area (Å²) in [5.41, 5.74) is 5.95. The van der Waals surface area contributed by atoms with Gasteiger partial charge in [-0.15, -0.1) is 5.53 Å².